The van der Waals surface area contributed by atoms with Crippen LogP contribution in [0.1, 0.15) is 12.0 Å². The van der Waals surface area contributed by atoms with E-state index in [-0.39, 0.29) is 23.5 Å². The molecule has 102 valence electrons. The van der Waals surface area contributed by atoms with Crippen LogP contribution in [0.3, 0.4) is 0 Å². The maximum atomic E-state index is 11.9. The molecule has 1 aromatic heterocycles. The van der Waals surface area contributed by atoms with E-state index >= 15 is 0 Å². The van der Waals surface area contributed by atoms with E-state index in [9.17, 15) is 13.2 Å². The van der Waals surface area contributed by atoms with E-state index in [1.54, 1.807) is 31.6 Å². The van der Waals surface area contributed by atoms with Gasteiger partial charge in [0.2, 0.25) is 5.91 Å². The van der Waals surface area contributed by atoms with E-state index in [4.69, 9.17) is 0 Å². The van der Waals surface area contributed by atoms with Crippen LogP contribution in [-0.4, -0.2) is 48.8 Å². The highest BCUT2D eigenvalue weighted by Crippen LogP contribution is 2.16. The van der Waals surface area contributed by atoms with Crippen molar-refractivity contribution in [3.63, 3.8) is 0 Å². The van der Waals surface area contributed by atoms with Crippen molar-refractivity contribution in [1.82, 2.24) is 9.88 Å². The normalized spacial score (nSPS) is 21.6. The predicted octanol–water partition coefficient (Wildman–Crippen LogP) is 0.740. The standard InChI is InChI=1S/C13H16N2O3S/c1-15(12-6-8-19(17,18)10-12)13(16)5-4-11-3-2-7-14-9-11/h2-5,7,9,12H,6,8,10H2,1H3. The molecule has 0 N–H and O–H groups in total. The highest BCUT2D eigenvalue weighted by Gasteiger charge is 2.31. The van der Waals surface area contributed by atoms with Gasteiger partial charge >= 0.3 is 0 Å². The van der Waals surface area contributed by atoms with Crippen LogP contribution < -0.4 is 0 Å². The van der Waals surface area contributed by atoms with Crippen molar-refractivity contribution >= 4 is 21.8 Å². The molecule has 0 saturated carbocycles. The van der Waals surface area contributed by atoms with Crippen molar-refractivity contribution in [2.45, 2.75) is 12.5 Å². The fourth-order valence-electron chi connectivity index (χ4n) is 2.02. The van der Waals surface area contributed by atoms with Crippen molar-refractivity contribution in [2.24, 2.45) is 0 Å². The quantitative estimate of drug-likeness (QED) is 0.766. The number of likely N-dealkylation sites (N-methyl/N-ethyl adjacent to an activating group) is 1. The van der Waals surface area contributed by atoms with Gasteiger partial charge in [-0.05, 0) is 24.1 Å². The van der Waals surface area contributed by atoms with Gasteiger partial charge in [-0.25, -0.2) is 8.42 Å². The number of hydrogen-bond donors (Lipinski definition) is 0. The number of carbonyl (C=O) groups is 1. The number of hydrogen-bond acceptors (Lipinski definition) is 4. The molecule has 1 aliphatic rings. The number of aromatic nitrogens is 1. The lowest BCUT2D eigenvalue weighted by molar-refractivity contribution is -0.126. The summed E-state index contributed by atoms with van der Waals surface area (Å²) >= 11 is 0. The first-order chi connectivity index (χ1) is 8.98. The van der Waals surface area contributed by atoms with E-state index in [0.29, 0.717) is 6.42 Å². The first-order valence-electron chi connectivity index (χ1n) is 6.03. The first-order valence-corrected chi connectivity index (χ1v) is 7.85. The van der Waals surface area contributed by atoms with Gasteiger partial charge in [0.15, 0.2) is 9.84 Å². The summed E-state index contributed by atoms with van der Waals surface area (Å²) in [4.78, 5) is 17.4. The number of rotatable bonds is 3. The van der Waals surface area contributed by atoms with E-state index in [1.165, 1.54) is 11.0 Å². The minimum atomic E-state index is -2.97. The number of nitrogens with zero attached hydrogens (tertiary/aromatic N) is 2. The summed E-state index contributed by atoms with van der Waals surface area (Å²) in [6.45, 7) is 0. The molecular weight excluding hydrogens is 264 g/mol. The molecule has 0 aromatic carbocycles. The molecule has 5 nitrogen and oxygen atoms in total. The maximum absolute atomic E-state index is 11.9. The lowest BCUT2D eigenvalue weighted by Gasteiger charge is -2.21. The highest BCUT2D eigenvalue weighted by atomic mass is 32.2. The van der Waals surface area contributed by atoms with Gasteiger partial charge in [0, 0.05) is 31.6 Å². The molecule has 0 radical (unpaired) electrons. The topological polar surface area (TPSA) is 67.3 Å². The number of amides is 1. The van der Waals surface area contributed by atoms with Crippen molar-refractivity contribution in [3.05, 3.63) is 36.2 Å². The Morgan fingerprint density at radius 2 is 2.32 bits per heavy atom. The number of sulfone groups is 1. The molecule has 1 aromatic rings. The molecule has 0 bridgehead atoms. The molecule has 19 heavy (non-hydrogen) atoms. The van der Waals surface area contributed by atoms with Crippen molar-refractivity contribution in [2.75, 3.05) is 18.6 Å². The zero-order chi connectivity index (χ0) is 13.9. The average Bonchev–Trinajstić information content (AvgIpc) is 2.76. The first kappa shape index (κ1) is 13.7. The van der Waals surface area contributed by atoms with Gasteiger partial charge in [-0.1, -0.05) is 6.07 Å². The van der Waals surface area contributed by atoms with Crippen LogP contribution in [-0.2, 0) is 14.6 Å². The second-order valence-corrected chi connectivity index (χ2v) is 6.85. The molecule has 1 unspecified atom stereocenters. The number of pyridine rings is 1. The van der Waals surface area contributed by atoms with Crippen LogP contribution in [0, 0.1) is 0 Å². The zero-order valence-electron chi connectivity index (χ0n) is 10.7. The summed E-state index contributed by atoms with van der Waals surface area (Å²) in [6, 6.07) is 3.42. The minimum Gasteiger partial charge on any atom is -0.338 e. The molecule has 1 saturated heterocycles. The monoisotopic (exact) mass is 280 g/mol. The zero-order valence-corrected chi connectivity index (χ0v) is 11.5. The summed E-state index contributed by atoms with van der Waals surface area (Å²) in [5.74, 6) is 0.0448. The van der Waals surface area contributed by atoms with Crippen molar-refractivity contribution in [1.29, 1.82) is 0 Å². The predicted molar refractivity (Wildman–Crippen MR) is 73.1 cm³/mol. The Kier molecular flexibility index (Phi) is 3.99. The van der Waals surface area contributed by atoms with Gasteiger partial charge < -0.3 is 4.90 Å². The molecule has 0 aliphatic carbocycles. The second kappa shape index (κ2) is 5.52. The molecule has 0 spiro atoms. The molecule has 2 heterocycles. The van der Waals surface area contributed by atoms with Gasteiger partial charge in [-0.3, -0.25) is 9.78 Å². The average molecular weight is 280 g/mol. The van der Waals surface area contributed by atoms with Crippen LogP contribution in [0.25, 0.3) is 6.08 Å². The summed E-state index contributed by atoms with van der Waals surface area (Å²) in [5.41, 5.74) is 0.836. The molecule has 1 amide bonds. The summed E-state index contributed by atoms with van der Waals surface area (Å²) in [5, 5.41) is 0. The van der Waals surface area contributed by atoms with E-state index < -0.39 is 9.84 Å². The Labute approximate surface area is 112 Å². The van der Waals surface area contributed by atoms with E-state index in [2.05, 4.69) is 4.98 Å². The summed E-state index contributed by atoms with van der Waals surface area (Å²) < 4.78 is 22.8. The smallest absolute Gasteiger partial charge is 0.246 e. The SMILES string of the molecule is CN(C(=O)C=Cc1cccnc1)C1CCS(=O)(=O)C1. The Balaban J connectivity index is 1.99. The Bertz CT molecular complexity index is 581. The van der Waals surface area contributed by atoms with Crippen LogP contribution >= 0.6 is 0 Å². The van der Waals surface area contributed by atoms with Crippen LogP contribution in [0.5, 0.6) is 0 Å². The van der Waals surface area contributed by atoms with Crippen molar-refractivity contribution in [3.8, 4) is 0 Å². The fraction of sp³-hybridized carbons (Fsp3) is 0.385. The molecule has 1 atom stereocenters. The maximum Gasteiger partial charge on any atom is 0.246 e. The van der Waals surface area contributed by atoms with Gasteiger partial charge in [0.05, 0.1) is 11.5 Å². The van der Waals surface area contributed by atoms with Crippen molar-refractivity contribution < 1.29 is 13.2 Å². The number of carbonyl (C=O) groups excluding carboxylic acids is 1. The van der Waals surface area contributed by atoms with E-state index in [1.807, 2.05) is 6.07 Å². The van der Waals surface area contributed by atoms with Crippen LogP contribution in [0.15, 0.2) is 30.6 Å². The summed E-state index contributed by atoms with van der Waals surface area (Å²) in [6.07, 6.45) is 6.96. The molecule has 1 aliphatic heterocycles. The third kappa shape index (κ3) is 3.64. The molecular formula is C13H16N2O3S. The van der Waals surface area contributed by atoms with Gasteiger partial charge in [-0.2, -0.15) is 0 Å². The van der Waals surface area contributed by atoms with Gasteiger partial charge in [0.25, 0.3) is 0 Å². The highest BCUT2D eigenvalue weighted by molar-refractivity contribution is 7.91. The summed E-state index contributed by atoms with van der Waals surface area (Å²) in [7, 11) is -1.33. The third-order valence-electron chi connectivity index (χ3n) is 3.21. The second-order valence-electron chi connectivity index (χ2n) is 4.63. The largest absolute Gasteiger partial charge is 0.338 e. The Morgan fingerprint density at radius 1 is 1.53 bits per heavy atom. The van der Waals surface area contributed by atoms with Gasteiger partial charge in [0.1, 0.15) is 0 Å². The molecule has 1 fully saturated rings. The van der Waals surface area contributed by atoms with Gasteiger partial charge in [-0.15, -0.1) is 0 Å². The fourth-order valence-corrected chi connectivity index (χ4v) is 3.79. The lowest BCUT2D eigenvalue weighted by atomic mass is 10.2. The molecule has 6 heteroatoms. The van der Waals surface area contributed by atoms with Crippen LogP contribution in [0.4, 0.5) is 0 Å². The molecule has 2 rings (SSSR count). The minimum absolute atomic E-state index is 0.0654. The Hall–Kier alpha value is -1.69. The Morgan fingerprint density at radius 3 is 2.89 bits per heavy atom. The third-order valence-corrected chi connectivity index (χ3v) is 4.96. The van der Waals surface area contributed by atoms with Crippen LogP contribution in [0.2, 0.25) is 0 Å². The van der Waals surface area contributed by atoms with E-state index in [0.717, 1.165) is 5.56 Å². The lowest BCUT2D eigenvalue weighted by Crippen LogP contribution is -2.36.